The van der Waals surface area contributed by atoms with E-state index < -0.39 is 0 Å². The number of ether oxygens (including phenoxy) is 1. The van der Waals surface area contributed by atoms with Crippen LogP contribution in [-0.2, 0) is 0 Å². The lowest BCUT2D eigenvalue weighted by Crippen LogP contribution is -1.99. The lowest BCUT2D eigenvalue weighted by Gasteiger charge is -2.08. The molecule has 0 aliphatic carbocycles. The van der Waals surface area contributed by atoms with Crippen LogP contribution in [0.25, 0.3) is 0 Å². The maximum atomic E-state index is 8.32. The van der Waals surface area contributed by atoms with Crippen molar-refractivity contribution in [1.82, 2.24) is 0 Å². The maximum Gasteiger partial charge on any atom is 0.174 e. The van der Waals surface area contributed by atoms with Crippen LogP contribution in [0.3, 0.4) is 0 Å². The molecule has 0 amide bonds. The van der Waals surface area contributed by atoms with Gasteiger partial charge in [-0.25, -0.2) is 0 Å². The van der Waals surface area contributed by atoms with E-state index in [1.54, 1.807) is 6.07 Å². The second-order valence-electron chi connectivity index (χ2n) is 2.53. The van der Waals surface area contributed by atoms with Crippen LogP contribution in [0.2, 0.25) is 0 Å². The Morgan fingerprint density at radius 2 is 2.31 bits per heavy atom. The first-order chi connectivity index (χ1) is 6.16. The van der Waals surface area contributed by atoms with Crippen LogP contribution in [0.1, 0.15) is 5.56 Å². The van der Waals surface area contributed by atoms with Crippen molar-refractivity contribution in [3.8, 4) is 11.8 Å². The largest absolute Gasteiger partial charge is 0.477 e. The number of nitriles is 1. The van der Waals surface area contributed by atoms with Crippen LogP contribution < -0.4 is 10.5 Å². The molecule has 1 aromatic rings. The quantitative estimate of drug-likeness (QED) is 0.807. The Morgan fingerprint density at radius 3 is 2.92 bits per heavy atom. The summed E-state index contributed by atoms with van der Waals surface area (Å²) in [6, 6.07) is 5.47. The van der Waals surface area contributed by atoms with Crippen LogP contribution in [0.4, 0.5) is 5.69 Å². The number of anilines is 1. The molecule has 0 bridgehead atoms. The number of halogens is 1. The third-order valence-corrected chi connectivity index (χ3v) is 2.56. The summed E-state index contributed by atoms with van der Waals surface area (Å²) < 4.78 is 6.05. The minimum absolute atomic E-state index is 0.0191. The lowest BCUT2D eigenvalue weighted by molar-refractivity contribution is 0.370. The molecule has 1 aromatic carbocycles. The number of hydrogen-bond acceptors (Lipinski definition) is 3. The molecule has 0 aliphatic rings. The van der Waals surface area contributed by atoms with Gasteiger partial charge < -0.3 is 10.5 Å². The zero-order valence-corrected chi connectivity index (χ0v) is 8.76. The average Bonchev–Trinajstić information content (AvgIpc) is 2.13. The van der Waals surface area contributed by atoms with Crippen molar-refractivity contribution in [2.24, 2.45) is 0 Å². The molecule has 0 fully saturated rings. The van der Waals surface area contributed by atoms with Gasteiger partial charge in [0.25, 0.3) is 0 Å². The summed E-state index contributed by atoms with van der Waals surface area (Å²) in [7, 11) is 0. The molecule has 13 heavy (non-hydrogen) atoms. The van der Waals surface area contributed by atoms with E-state index in [4.69, 9.17) is 15.7 Å². The van der Waals surface area contributed by atoms with Gasteiger partial charge in [-0.05, 0) is 24.6 Å². The second kappa shape index (κ2) is 4.15. The van der Waals surface area contributed by atoms with Gasteiger partial charge in [-0.2, -0.15) is 5.26 Å². The summed E-state index contributed by atoms with van der Waals surface area (Å²) in [6.45, 7) is 1.91. The van der Waals surface area contributed by atoms with E-state index in [0.717, 1.165) is 10.0 Å². The Morgan fingerprint density at radius 1 is 1.62 bits per heavy atom. The standard InChI is InChI=1S/C9H9BrN2O/c1-6-7(10)2-3-8(9(6)12)13-5-4-11/h2-3H,5,12H2,1H3. The van der Waals surface area contributed by atoms with E-state index in [1.807, 2.05) is 19.1 Å². The molecule has 0 unspecified atom stereocenters. The maximum absolute atomic E-state index is 8.32. The SMILES string of the molecule is Cc1c(Br)ccc(OCC#N)c1N. The molecule has 4 heteroatoms. The Kier molecular flexibility index (Phi) is 3.15. The lowest BCUT2D eigenvalue weighted by atomic mass is 10.2. The molecule has 0 radical (unpaired) electrons. The fraction of sp³-hybridized carbons (Fsp3) is 0.222. The highest BCUT2D eigenvalue weighted by Crippen LogP contribution is 2.30. The highest BCUT2D eigenvalue weighted by Gasteiger charge is 2.05. The van der Waals surface area contributed by atoms with E-state index in [1.165, 1.54) is 0 Å². The van der Waals surface area contributed by atoms with Gasteiger partial charge in [0.1, 0.15) is 11.8 Å². The third kappa shape index (κ3) is 2.13. The Labute approximate surface area is 85.2 Å². The molecule has 0 atom stereocenters. The fourth-order valence-electron chi connectivity index (χ4n) is 0.913. The smallest absolute Gasteiger partial charge is 0.174 e. The highest BCUT2D eigenvalue weighted by molar-refractivity contribution is 9.10. The molecule has 0 saturated carbocycles. The summed E-state index contributed by atoms with van der Waals surface area (Å²) in [5.41, 5.74) is 7.26. The molecule has 2 N–H and O–H groups in total. The average molecular weight is 241 g/mol. The monoisotopic (exact) mass is 240 g/mol. The molecule has 0 saturated heterocycles. The normalized spacial score (nSPS) is 9.31. The molecule has 3 nitrogen and oxygen atoms in total. The van der Waals surface area contributed by atoms with E-state index in [9.17, 15) is 0 Å². The van der Waals surface area contributed by atoms with E-state index in [-0.39, 0.29) is 6.61 Å². The number of benzene rings is 1. The van der Waals surface area contributed by atoms with Crippen molar-refractivity contribution in [1.29, 1.82) is 5.26 Å². The molecule has 0 spiro atoms. The number of nitrogens with two attached hydrogens (primary N) is 1. The number of nitrogen functional groups attached to an aromatic ring is 1. The molecule has 0 aliphatic heterocycles. The van der Waals surface area contributed by atoms with Gasteiger partial charge in [0.05, 0.1) is 5.69 Å². The second-order valence-corrected chi connectivity index (χ2v) is 3.39. The predicted molar refractivity (Wildman–Crippen MR) is 54.4 cm³/mol. The van der Waals surface area contributed by atoms with Crippen LogP contribution in [0.15, 0.2) is 16.6 Å². The highest BCUT2D eigenvalue weighted by atomic mass is 79.9. The molecule has 0 aromatic heterocycles. The number of rotatable bonds is 2. The first-order valence-corrected chi connectivity index (χ1v) is 4.50. The first kappa shape index (κ1) is 9.87. The van der Waals surface area contributed by atoms with Crippen molar-refractivity contribution in [3.05, 3.63) is 22.2 Å². The summed E-state index contributed by atoms with van der Waals surface area (Å²) in [5.74, 6) is 0.558. The minimum Gasteiger partial charge on any atom is -0.477 e. The minimum atomic E-state index is 0.0191. The van der Waals surface area contributed by atoms with Crippen molar-refractivity contribution in [2.45, 2.75) is 6.92 Å². The topological polar surface area (TPSA) is 59.0 Å². The van der Waals surface area contributed by atoms with E-state index >= 15 is 0 Å². The Hall–Kier alpha value is -1.21. The van der Waals surface area contributed by atoms with Crippen molar-refractivity contribution in [2.75, 3.05) is 12.3 Å². The van der Waals surface area contributed by atoms with Crippen molar-refractivity contribution in [3.63, 3.8) is 0 Å². The molecule has 0 heterocycles. The van der Waals surface area contributed by atoms with Crippen LogP contribution in [0, 0.1) is 18.3 Å². The van der Waals surface area contributed by atoms with Crippen molar-refractivity contribution < 1.29 is 4.74 Å². The van der Waals surface area contributed by atoms with Gasteiger partial charge in [0.15, 0.2) is 6.61 Å². The molecule has 68 valence electrons. The summed E-state index contributed by atoms with van der Waals surface area (Å²) >= 11 is 3.35. The van der Waals surface area contributed by atoms with Gasteiger partial charge in [-0.1, -0.05) is 15.9 Å². The summed E-state index contributed by atoms with van der Waals surface area (Å²) in [5, 5.41) is 8.32. The Balaban J connectivity index is 2.98. The van der Waals surface area contributed by atoms with E-state index in [0.29, 0.717) is 11.4 Å². The number of nitrogens with zero attached hydrogens (tertiary/aromatic N) is 1. The van der Waals surface area contributed by atoms with Gasteiger partial charge in [0.2, 0.25) is 0 Å². The van der Waals surface area contributed by atoms with Crippen LogP contribution in [0.5, 0.6) is 5.75 Å². The molecular weight excluding hydrogens is 232 g/mol. The Bertz CT molecular complexity index is 357. The first-order valence-electron chi connectivity index (χ1n) is 3.71. The zero-order valence-electron chi connectivity index (χ0n) is 7.17. The van der Waals surface area contributed by atoms with Crippen LogP contribution in [-0.4, -0.2) is 6.61 Å². The molecular formula is C9H9BrN2O. The number of hydrogen-bond donors (Lipinski definition) is 1. The summed E-state index contributed by atoms with van der Waals surface area (Å²) in [4.78, 5) is 0. The van der Waals surface area contributed by atoms with Crippen LogP contribution >= 0.6 is 15.9 Å². The molecule has 1 rings (SSSR count). The summed E-state index contributed by atoms with van der Waals surface area (Å²) in [6.07, 6.45) is 0. The zero-order chi connectivity index (χ0) is 9.84. The van der Waals surface area contributed by atoms with Gasteiger partial charge >= 0.3 is 0 Å². The van der Waals surface area contributed by atoms with E-state index in [2.05, 4.69) is 15.9 Å². The van der Waals surface area contributed by atoms with Gasteiger partial charge in [-0.15, -0.1) is 0 Å². The van der Waals surface area contributed by atoms with Gasteiger partial charge in [-0.3, -0.25) is 0 Å². The predicted octanol–water partition coefficient (Wildman–Crippen LogP) is 2.24. The fourth-order valence-corrected chi connectivity index (χ4v) is 1.26. The van der Waals surface area contributed by atoms with Gasteiger partial charge in [0, 0.05) is 4.47 Å². The van der Waals surface area contributed by atoms with Crippen molar-refractivity contribution >= 4 is 21.6 Å². The third-order valence-electron chi connectivity index (χ3n) is 1.70.